The van der Waals surface area contributed by atoms with Gasteiger partial charge in [0.2, 0.25) is 0 Å². The van der Waals surface area contributed by atoms with E-state index in [1.165, 1.54) is 0 Å². The van der Waals surface area contributed by atoms with Crippen LogP contribution < -0.4 is 11.3 Å². The van der Waals surface area contributed by atoms with Gasteiger partial charge in [-0.05, 0) is 19.6 Å². The summed E-state index contributed by atoms with van der Waals surface area (Å²) < 4.78 is 0. The SMILES string of the molecule is CC#CCCC(CSC)NN. The van der Waals surface area contributed by atoms with Crippen molar-refractivity contribution >= 4 is 11.8 Å². The second-order valence-corrected chi connectivity index (χ2v) is 3.20. The van der Waals surface area contributed by atoms with Crippen LogP contribution in [0.1, 0.15) is 19.8 Å². The molecule has 0 amide bonds. The zero-order chi connectivity index (χ0) is 8.53. The highest BCUT2D eigenvalue weighted by Crippen LogP contribution is 2.02. The topological polar surface area (TPSA) is 38.0 Å². The fourth-order valence-electron chi connectivity index (χ4n) is 0.787. The predicted molar refractivity (Wildman–Crippen MR) is 52.2 cm³/mol. The van der Waals surface area contributed by atoms with E-state index in [0.29, 0.717) is 6.04 Å². The molecule has 3 heteroatoms. The first-order chi connectivity index (χ1) is 5.35. The lowest BCUT2D eigenvalue weighted by Crippen LogP contribution is -2.36. The molecule has 2 nitrogen and oxygen atoms in total. The highest BCUT2D eigenvalue weighted by Gasteiger charge is 2.02. The quantitative estimate of drug-likeness (QED) is 0.369. The van der Waals surface area contributed by atoms with Gasteiger partial charge in [0, 0.05) is 18.2 Å². The number of hydrazine groups is 1. The molecule has 64 valence electrons. The van der Waals surface area contributed by atoms with Crippen molar-refractivity contribution in [2.45, 2.75) is 25.8 Å². The van der Waals surface area contributed by atoms with Crippen LogP contribution in [0.15, 0.2) is 0 Å². The van der Waals surface area contributed by atoms with E-state index in [4.69, 9.17) is 5.84 Å². The van der Waals surface area contributed by atoms with Gasteiger partial charge in [0.05, 0.1) is 0 Å². The van der Waals surface area contributed by atoms with Gasteiger partial charge in [-0.3, -0.25) is 11.3 Å². The molecule has 0 aliphatic rings. The van der Waals surface area contributed by atoms with Crippen LogP contribution in [0.3, 0.4) is 0 Å². The van der Waals surface area contributed by atoms with Crippen molar-refractivity contribution in [3.63, 3.8) is 0 Å². The van der Waals surface area contributed by atoms with Crippen molar-refractivity contribution in [2.75, 3.05) is 12.0 Å². The van der Waals surface area contributed by atoms with Crippen molar-refractivity contribution in [1.29, 1.82) is 0 Å². The predicted octanol–water partition coefficient (Wildman–Crippen LogP) is 0.985. The third-order valence-electron chi connectivity index (χ3n) is 1.40. The summed E-state index contributed by atoms with van der Waals surface area (Å²) in [5, 5.41) is 0. The van der Waals surface area contributed by atoms with Crippen LogP contribution in [0.2, 0.25) is 0 Å². The highest BCUT2D eigenvalue weighted by atomic mass is 32.2. The van der Waals surface area contributed by atoms with E-state index in [9.17, 15) is 0 Å². The molecule has 0 bridgehead atoms. The molecule has 0 radical (unpaired) electrons. The lowest BCUT2D eigenvalue weighted by atomic mass is 10.2. The van der Waals surface area contributed by atoms with Gasteiger partial charge in [0.25, 0.3) is 0 Å². The van der Waals surface area contributed by atoms with Crippen LogP contribution in [-0.2, 0) is 0 Å². The van der Waals surface area contributed by atoms with E-state index < -0.39 is 0 Å². The standard InChI is InChI=1S/C8H16N2S/c1-3-4-5-6-8(10-9)7-11-2/h8,10H,5-7,9H2,1-2H3. The monoisotopic (exact) mass is 172 g/mol. The Balaban J connectivity index is 3.40. The summed E-state index contributed by atoms with van der Waals surface area (Å²) >= 11 is 1.80. The second kappa shape index (κ2) is 7.93. The van der Waals surface area contributed by atoms with E-state index in [1.54, 1.807) is 11.8 Å². The first-order valence-electron chi connectivity index (χ1n) is 3.69. The van der Waals surface area contributed by atoms with Gasteiger partial charge < -0.3 is 0 Å². The second-order valence-electron chi connectivity index (χ2n) is 2.28. The summed E-state index contributed by atoms with van der Waals surface area (Å²) in [6.07, 6.45) is 4.06. The van der Waals surface area contributed by atoms with Crippen molar-refractivity contribution in [1.82, 2.24) is 5.43 Å². The molecule has 0 aromatic heterocycles. The van der Waals surface area contributed by atoms with Gasteiger partial charge in [0.15, 0.2) is 0 Å². The summed E-state index contributed by atoms with van der Waals surface area (Å²) in [7, 11) is 0. The smallest absolute Gasteiger partial charge is 0.0310 e. The molecule has 0 aromatic rings. The molecular weight excluding hydrogens is 156 g/mol. The minimum atomic E-state index is 0.408. The molecular formula is C8H16N2S. The van der Waals surface area contributed by atoms with Crippen molar-refractivity contribution in [3.05, 3.63) is 0 Å². The van der Waals surface area contributed by atoms with Gasteiger partial charge in [-0.25, -0.2) is 0 Å². The van der Waals surface area contributed by atoms with E-state index >= 15 is 0 Å². The van der Waals surface area contributed by atoms with E-state index in [0.717, 1.165) is 18.6 Å². The van der Waals surface area contributed by atoms with Crippen molar-refractivity contribution in [2.24, 2.45) is 5.84 Å². The summed E-state index contributed by atoms with van der Waals surface area (Å²) in [5.41, 5.74) is 2.77. The molecule has 3 N–H and O–H groups in total. The van der Waals surface area contributed by atoms with Gasteiger partial charge in [-0.2, -0.15) is 11.8 Å². The van der Waals surface area contributed by atoms with Crippen LogP contribution in [0.5, 0.6) is 0 Å². The Hall–Kier alpha value is -0.170. The molecule has 1 atom stereocenters. The average molecular weight is 172 g/mol. The lowest BCUT2D eigenvalue weighted by molar-refractivity contribution is 0.547. The van der Waals surface area contributed by atoms with Gasteiger partial charge in [-0.1, -0.05) is 0 Å². The minimum Gasteiger partial charge on any atom is -0.271 e. The average Bonchev–Trinajstić information content (AvgIpc) is 2.03. The number of nitrogens with two attached hydrogens (primary N) is 1. The normalized spacial score (nSPS) is 11.9. The first kappa shape index (κ1) is 10.8. The van der Waals surface area contributed by atoms with Crippen LogP contribution in [0, 0.1) is 11.8 Å². The van der Waals surface area contributed by atoms with Crippen molar-refractivity contribution in [3.8, 4) is 11.8 Å². The summed E-state index contributed by atoms with van der Waals surface area (Å²) in [5.74, 6) is 12.3. The van der Waals surface area contributed by atoms with Crippen molar-refractivity contribution < 1.29 is 0 Å². The Kier molecular flexibility index (Phi) is 7.81. The van der Waals surface area contributed by atoms with E-state index in [1.807, 2.05) is 6.92 Å². The third-order valence-corrected chi connectivity index (χ3v) is 2.13. The maximum Gasteiger partial charge on any atom is 0.0310 e. The van der Waals surface area contributed by atoms with E-state index in [-0.39, 0.29) is 0 Å². The van der Waals surface area contributed by atoms with Crippen LogP contribution in [0.25, 0.3) is 0 Å². The number of rotatable bonds is 5. The number of hydrogen-bond donors (Lipinski definition) is 2. The molecule has 0 aliphatic heterocycles. The van der Waals surface area contributed by atoms with Gasteiger partial charge in [-0.15, -0.1) is 11.8 Å². The zero-order valence-electron chi connectivity index (χ0n) is 7.18. The number of nitrogens with one attached hydrogen (secondary N) is 1. The number of hydrogen-bond acceptors (Lipinski definition) is 3. The van der Waals surface area contributed by atoms with Gasteiger partial charge >= 0.3 is 0 Å². The molecule has 11 heavy (non-hydrogen) atoms. The fourth-order valence-corrected chi connectivity index (χ4v) is 1.45. The minimum absolute atomic E-state index is 0.408. The maximum absolute atomic E-state index is 5.33. The molecule has 0 aliphatic carbocycles. The highest BCUT2D eigenvalue weighted by molar-refractivity contribution is 7.98. The molecule has 0 rings (SSSR count). The molecule has 1 unspecified atom stereocenters. The Labute approximate surface area is 73.3 Å². The first-order valence-corrected chi connectivity index (χ1v) is 5.09. The maximum atomic E-state index is 5.33. The summed E-state index contributed by atoms with van der Waals surface area (Å²) in [6.45, 7) is 1.86. The Morgan fingerprint density at radius 2 is 2.36 bits per heavy atom. The van der Waals surface area contributed by atoms with Crippen LogP contribution in [-0.4, -0.2) is 18.1 Å². The Bertz CT molecular complexity index is 137. The fraction of sp³-hybridized carbons (Fsp3) is 0.750. The van der Waals surface area contributed by atoms with Gasteiger partial charge in [0.1, 0.15) is 0 Å². The largest absolute Gasteiger partial charge is 0.271 e. The summed E-state index contributed by atoms with van der Waals surface area (Å²) in [6, 6.07) is 0.408. The zero-order valence-corrected chi connectivity index (χ0v) is 8.00. The van der Waals surface area contributed by atoms with E-state index in [2.05, 4.69) is 23.5 Å². The van der Waals surface area contributed by atoms with Crippen LogP contribution >= 0.6 is 11.8 Å². The Morgan fingerprint density at radius 1 is 1.64 bits per heavy atom. The lowest BCUT2D eigenvalue weighted by Gasteiger charge is -2.11. The molecule has 0 spiro atoms. The molecule has 0 heterocycles. The molecule has 0 saturated carbocycles. The summed E-state index contributed by atoms with van der Waals surface area (Å²) in [4.78, 5) is 0. The number of thioether (sulfide) groups is 1. The Morgan fingerprint density at radius 3 is 2.82 bits per heavy atom. The third kappa shape index (κ3) is 6.24. The molecule has 0 fully saturated rings. The van der Waals surface area contributed by atoms with Crippen LogP contribution in [0.4, 0.5) is 0 Å². The molecule has 0 saturated heterocycles. The molecule has 0 aromatic carbocycles.